The molecule has 1 aromatic rings. The smallest absolute Gasteiger partial charge is 0.239 e. The van der Waals surface area contributed by atoms with Crippen LogP contribution in [-0.4, -0.2) is 28.0 Å². The SMILES string of the molecule is Cc1c(Cl)ncnc1NCC(=O)NC(C)(C)C. The van der Waals surface area contributed by atoms with E-state index < -0.39 is 0 Å². The Kier molecular flexibility index (Phi) is 4.28. The Morgan fingerprint density at radius 2 is 2.06 bits per heavy atom. The average Bonchev–Trinajstić information content (AvgIpc) is 2.18. The molecule has 1 heterocycles. The quantitative estimate of drug-likeness (QED) is 0.809. The van der Waals surface area contributed by atoms with Gasteiger partial charge in [-0.3, -0.25) is 4.79 Å². The molecule has 0 radical (unpaired) electrons. The Balaban J connectivity index is 2.56. The number of carbonyl (C=O) groups excluding carboxylic acids is 1. The van der Waals surface area contributed by atoms with Crippen molar-refractivity contribution < 1.29 is 4.79 Å². The summed E-state index contributed by atoms with van der Waals surface area (Å²) in [6.45, 7) is 7.74. The van der Waals surface area contributed by atoms with Crippen LogP contribution in [0.1, 0.15) is 26.3 Å². The molecular weight excluding hydrogens is 240 g/mol. The molecule has 0 bridgehead atoms. The van der Waals surface area contributed by atoms with Crippen LogP contribution in [0, 0.1) is 6.92 Å². The zero-order valence-electron chi connectivity index (χ0n) is 10.5. The van der Waals surface area contributed by atoms with Crippen molar-refractivity contribution in [2.24, 2.45) is 0 Å². The summed E-state index contributed by atoms with van der Waals surface area (Å²) in [6.07, 6.45) is 1.36. The summed E-state index contributed by atoms with van der Waals surface area (Å²) in [6, 6.07) is 0. The fraction of sp³-hybridized carbons (Fsp3) is 0.545. The van der Waals surface area contributed by atoms with Crippen LogP contribution in [0.2, 0.25) is 5.15 Å². The Morgan fingerprint density at radius 1 is 1.41 bits per heavy atom. The van der Waals surface area contributed by atoms with Crippen LogP contribution in [0.5, 0.6) is 0 Å². The van der Waals surface area contributed by atoms with E-state index in [9.17, 15) is 4.79 Å². The molecule has 0 aliphatic heterocycles. The van der Waals surface area contributed by atoms with E-state index in [4.69, 9.17) is 11.6 Å². The van der Waals surface area contributed by atoms with Gasteiger partial charge in [-0.2, -0.15) is 0 Å². The molecule has 17 heavy (non-hydrogen) atoms. The summed E-state index contributed by atoms with van der Waals surface area (Å²) in [5.74, 6) is 0.487. The van der Waals surface area contributed by atoms with E-state index in [2.05, 4.69) is 20.6 Å². The van der Waals surface area contributed by atoms with Crippen LogP contribution in [0.15, 0.2) is 6.33 Å². The lowest BCUT2D eigenvalue weighted by atomic mass is 10.1. The third kappa shape index (κ3) is 4.56. The van der Waals surface area contributed by atoms with Gasteiger partial charge in [-0.05, 0) is 27.7 Å². The molecule has 0 aliphatic rings. The number of nitrogens with zero attached hydrogens (tertiary/aromatic N) is 2. The van der Waals surface area contributed by atoms with Crippen molar-refractivity contribution in [1.29, 1.82) is 0 Å². The van der Waals surface area contributed by atoms with E-state index in [0.717, 1.165) is 5.56 Å². The van der Waals surface area contributed by atoms with Gasteiger partial charge in [0.15, 0.2) is 0 Å². The first-order chi connectivity index (χ1) is 7.79. The van der Waals surface area contributed by atoms with Crippen LogP contribution in [0.4, 0.5) is 5.82 Å². The Bertz CT molecular complexity index is 414. The van der Waals surface area contributed by atoms with Crippen LogP contribution in [0.25, 0.3) is 0 Å². The number of hydrogen-bond donors (Lipinski definition) is 2. The number of aromatic nitrogens is 2. The van der Waals surface area contributed by atoms with Gasteiger partial charge in [0.25, 0.3) is 0 Å². The molecule has 0 spiro atoms. The van der Waals surface area contributed by atoms with Gasteiger partial charge in [-0.1, -0.05) is 11.6 Å². The second-order valence-electron chi connectivity index (χ2n) is 4.79. The molecule has 0 saturated carbocycles. The van der Waals surface area contributed by atoms with Crippen molar-refractivity contribution >= 4 is 23.3 Å². The summed E-state index contributed by atoms with van der Waals surface area (Å²) in [4.78, 5) is 19.4. The van der Waals surface area contributed by atoms with Gasteiger partial charge in [-0.25, -0.2) is 9.97 Å². The molecule has 2 N–H and O–H groups in total. The number of amides is 1. The summed E-state index contributed by atoms with van der Waals surface area (Å²) in [5, 5.41) is 6.16. The Hall–Kier alpha value is -1.36. The maximum atomic E-state index is 11.6. The van der Waals surface area contributed by atoms with Gasteiger partial charge in [0.2, 0.25) is 5.91 Å². The van der Waals surface area contributed by atoms with Crippen molar-refractivity contribution in [2.75, 3.05) is 11.9 Å². The van der Waals surface area contributed by atoms with Crippen LogP contribution in [0.3, 0.4) is 0 Å². The molecule has 0 aromatic carbocycles. The minimum atomic E-state index is -0.239. The number of anilines is 1. The zero-order valence-corrected chi connectivity index (χ0v) is 11.2. The second kappa shape index (κ2) is 5.31. The van der Waals surface area contributed by atoms with Crippen molar-refractivity contribution in [3.8, 4) is 0 Å². The third-order valence-electron chi connectivity index (χ3n) is 1.95. The van der Waals surface area contributed by atoms with Crippen molar-refractivity contribution in [1.82, 2.24) is 15.3 Å². The van der Waals surface area contributed by atoms with Gasteiger partial charge in [-0.15, -0.1) is 0 Å². The maximum Gasteiger partial charge on any atom is 0.239 e. The third-order valence-corrected chi connectivity index (χ3v) is 2.33. The molecule has 0 fully saturated rings. The van der Waals surface area contributed by atoms with Crippen LogP contribution < -0.4 is 10.6 Å². The molecule has 0 aliphatic carbocycles. The molecule has 0 saturated heterocycles. The first-order valence-electron chi connectivity index (χ1n) is 5.31. The van der Waals surface area contributed by atoms with E-state index in [1.165, 1.54) is 6.33 Å². The number of carbonyl (C=O) groups is 1. The molecule has 6 heteroatoms. The standard InChI is InChI=1S/C11H17ClN4O/c1-7-9(12)14-6-15-10(7)13-5-8(17)16-11(2,3)4/h6H,5H2,1-4H3,(H,16,17)(H,13,14,15). The highest BCUT2D eigenvalue weighted by Crippen LogP contribution is 2.17. The summed E-state index contributed by atoms with van der Waals surface area (Å²) in [5.41, 5.74) is 0.495. The number of halogens is 1. The molecule has 5 nitrogen and oxygen atoms in total. The number of hydrogen-bond acceptors (Lipinski definition) is 4. The fourth-order valence-electron chi connectivity index (χ4n) is 1.23. The normalized spacial score (nSPS) is 11.1. The second-order valence-corrected chi connectivity index (χ2v) is 5.15. The minimum Gasteiger partial charge on any atom is -0.361 e. The number of rotatable bonds is 3. The van der Waals surface area contributed by atoms with Crippen LogP contribution in [-0.2, 0) is 4.79 Å². The summed E-state index contributed by atoms with van der Waals surface area (Å²) < 4.78 is 0. The van der Waals surface area contributed by atoms with Gasteiger partial charge >= 0.3 is 0 Å². The predicted octanol–water partition coefficient (Wildman–Crippen LogP) is 1.77. The summed E-state index contributed by atoms with van der Waals surface area (Å²) in [7, 11) is 0. The number of nitrogens with one attached hydrogen (secondary N) is 2. The van der Waals surface area contributed by atoms with Crippen molar-refractivity contribution in [3.63, 3.8) is 0 Å². The highest BCUT2D eigenvalue weighted by atomic mass is 35.5. The topological polar surface area (TPSA) is 66.9 Å². The molecule has 94 valence electrons. The van der Waals surface area contributed by atoms with E-state index in [0.29, 0.717) is 11.0 Å². The monoisotopic (exact) mass is 256 g/mol. The van der Waals surface area contributed by atoms with Gasteiger partial charge in [0.1, 0.15) is 17.3 Å². The van der Waals surface area contributed by atoms with Crippen LogP contribution >= 0.6 is 11.6 Å². The lowest BCUT2D eigenvalue weighted by molar-refractivity contribution is -0.120. The largest absolute Gasteiger partial charge is 0.361 e. The first kappa shape index (κ1) is 13.7. The lowest BCUT2D eigenvalue weighted by Gasteiger charge is -2.20. The zero-order chi connectivity index (χ0) is 13.1. The van der Waals surface area contributed by atoms with E-state index in [1.807, 2.05) is 20.8 Å². The first-order valence-corrected chi connectivity index (χ1v) is 5.69. The minimum absolute atomic E-state index is 0.0911. The molecule has 1 amide bonds. The maximum absolute atomic E-state index is 11.6. The van der Waals surface area contributed by atoms with Gasteiger partial charge in [0, 0.05) is 11.1 Å². The van der Waals surface area contributed by atoms with E-state index in [-0.39, 0.29) is 18.0 Å². The molecule has 0 unspecified atom stereocenters. The Labute approximate surface area is 106 Å². The highest BCUT2D eigenvalue weighted by molar-refractivity contribution is 6.30. The summed E-state index contributed by atoms with van der Waals surface area (Å²) >= 11 is 5.84. The van der Waals surface area contributed by atoms with E-state index in [1.54, 1.807) is 6.92 Å². The molecule has 1 aromatic heterocycles. The molecule has 0 atom stereocenters. The fourth-order valence-corrected chi connectivity index (χ4v) is 1.37. The lowest BCUT2D eigenvalue weighted by Crippen LogP contribution is -2.43. The molecule has 1 rings (SSSR count). The van der Waals surface area contributed by atoms with Gasteiger partial charge in [0.05, 0.1) is 6.54 Å². The van der Waals surface area contributed by atoms with Gasteiger partial charge < -0.3 is 10.6 Å². The Morgan fingerprint density at radius 3 is 2.65 bits per heavy atom. The molecular formula is C11H17ClN4O. The predicted molar refractivity (Wildman–Crippen MR) is 68.2 cm³/mol. The average molecular weight is 257 g/mol. The highest BCUT2D eigenvalue weighted by Gasteiger charge is 2.14. The van der Waals surface area contributed by atoms with Crippen molar-refractivity contribution in [2.45, 2.75) is 33.2 Å². The van der Waals surface area contributed by atoms with Crippen molar-refractivity contribution in [3.05, 3.63) is 17.0 Å². The van der Waals surface area contributed by atoms with E-state index >= 15 is 0 Å².